The predicted molar refractivity (Wildman–Crippen MR) is 104 cm³/mol. The molecule has 1 aromatic heterocycles. The Hall–Kier alpha value is -1.76. The lowest BCUT2D eigenvalue weighted by Crippen LogP contribution is -2.52. The first-order valence-electron chi connectivity index (χ1n) is 9.15. The van der Waals surface area contributed by atoms with Gasteiger partial charge in [0, 0.05) is 37.1 Å². The largest absolute Gasteiger partial charge is 0.348 e. The van der Waals surface area contributed by atoms with Crippen molar-refractivity contribution >= 4 is 17.2 Å². The van der Waals surface area contributed by atoms with Crippen LogP contribution in [0.2, 0.25) is 0 Å². The molecule has 1 saturated heterocycles. The second-order valence-electron chi connectivity index (χ2n) is 6.67. The molecule has 0 bridgehead atoms. The molecule has 2 aromatic rings. The zero-order chi connectivity index (χ0) is 18.5. The van der Waals surface area contributed by atoms with Crippen molar-refractivity contribution in [3.05, 3.63) is 58.0 Å². The van der Waals surface area contributed by atoms with Crippen LogP contribution in [-0.2, 0) is 0 Å². The van der Waals surface area contributed by atoms with E-state index in [4.69, 9.17) is 0 Å². The van der Waals surface area contributed by atoms with Gasteiger partial charge in [0.05, 0.1) is 11.6 Å². The van der Waals surface area contributed by atoms with E-state index in [1.807, 2.05) is 13.0 Å². The molecule has 3 rings (SSSR count). The topological polar surface area (TPSA) is 35.6 Å². The van der Waals surface area contributed by atoms with Crippen molar-refractivity contribution in [1.82, 2.24) is 15.1 Å². The Morgan fingerprint density at radius 1 is 1.19 bits per heavy atom. The van der Waals surface area contributed by atoms with Crippen LogP contribution in [0.5, 0.6) is 0 Å². The van der Waals surface area contributed by atoms with Gasteiger partial charge in [0.1, 0.15) is 5.82 Å². The Morgan fingerprint density at radius 2 is 1.92 bits per heavy atom. The minimum atomic E-state index is -0.485. The van der Waals surface area contributed by atoms with Crippen molar-refractivity contribution in [3.8, 4) is 0 Å². The third kappa shape index (κ3) is 4.31. The van der Waals surface area contributed by atoms with Crippen LogP contribution >= 0.6 is 11.3 Å². The van der Waals surface area contributed by atoms with Crippen LogP contribution in [-0.4, -0.2) is 54.5 Å². The Balaban J connectivity index is 1.75. The van der Waals surface area contributed by atoms with Gasteiger partial charge in [0.15, 0.2) is 0 Å². The maximum absolute atomic E-state index is 13.9. The van der Waals surface area contributed by atoms with Crippen molar-refractivity contribution in [2.24, 2.45) is 0 Å². The van der Waals surface area contributed by atoms with E-state index in [-0.39, 0.29) is 23.6 Å². The molecule has 140 valence electrons. The first-order valence-corrected chi connectivity index (χ1v) is 10.0. The van der Waals surface area contributed by atoms with Gasteiger partial charge in [0.2, 0.25) is 0 Å². The molecular weight excluding hydrogens is 349 g/mol. The van der Waals surface area contributed by atoms with Crippen molar-refractivity contribution < 1.29 is 9.18 Å². The summed E-state index contributed by atoms with van der Waals surface area (Å²) in [6.07, 6.45) is 0. The number of thiophene rings is 1. The number of amides is 1. The van der Waals surface area contributed by atoms with Crippen LogP contribution in [0.1, 0.15) is 35.1 Å². The molecule has 26 heavy (non-hydrogen) atoms. The second kappa shape index (κ2) is 8.75. The van der Waals surface area contributed by atoms with Crippen molar-refractivity contribution in [2.45, 2.75) is 25.9 Å². The van der Waals surface area contributed by atoms with E-state index in [2.05, 4.69) is 33.5 Å². The number of hydrogen-bond donors (Lipinski definition) is 1. The van der Waals surface area contributed by atoms with Crippen LogP contribution in [0, 0.1) is 5.82 Å². The Labute approximate surface area is 158 Å². The first-order chi connectivity index (χ1) is 12.6. The van der Waals surface area contributed by atoms with Crippen LogP contribution in [0.25, 0.3) is 0 Å². The highest BCUT2D eigenvalue weighted by atomic mass is 32.1. The lowest BCUT2D eigenvalue weighted by atomic mass is 10.0. The van der Waals surface area contributed by atoms with Gasteiger partial charge in [-0.2, -0.15) is 0 Å². The summed E-state index contributed by atoms with van der Waals surface area (Å²) in [7, 11) is 0. The van der Waals surface area contributed by atoms with Crippen molar-refractivity contribution in [2.75, 3.05) is 32.7 Å². The molecule has 1 aromatic carbocycles. The van der Waals surface area contributed by atoms with Gasteiger partial charge in [-0.15, -0.1) is 11.3 Å². The lowest BCUT2D eigenvalue weighted by molar-refractivity contribution is 0.0751. The molecule has 2 heterocycles. The zero-order valence-corrected chi connectivity index (χ0v) is 16.1. The van der Waals surface area contributed by atoms with E-state index in [0.29, 0.717) is 0 Å². The lowest BCUT2D eigenvalue weighted by Gasteiger charge is -2.41. The maximum Gasteiger partial charge on any atom is 0.254 e. The van der Waals surface area contributed by atoms with E-state index in [1.165, 1.54) is 17.0 Å². The standard InChI is InChI=1S/C20H26FN3OS/c1-3-23-10-12-24(13-11-23)19(18-9-6-14-26-18)15(2)22-20(25)16-7-4-5-8-17(16)21/h4-9,14-15,19H,3,10-13H2,1-2H3,(H,22,25). The number of halogens is 1. The number of carbonyl (C=O) groups excluding carboxylic acids is 1. The number of benzene rings is 1. The monoisotopic (exact) mass is 375 g/mol. The highest BCUT2D eigenvalue weighted by Crippen LogP contribution is 2.29. The summed E-state index contributed by atoms with van der Waals surface area (Å²) < 4.78 is 13.9. The number of carbonyl (C=O) groups is 1. The molecule has 1 amide bonds. The van der Waals surface area contributed by atoms with E-state index >= 15 is 0 Å². The summed E-state index contributed by atoms with van der Waals surface area (Å²) in [5.41, 5.74) is 0.0973. The fourth-order valence-electron chi connectivity index (χ4n) is 3.57. The normalized spacial score (nSPS) is 18.4. The average molecular weight is 376 g/mol. The SMILES string of the molecule is CCN1CCN(C(c2cccs2)C(C)NC(=O)c2ccccc2F)CC1. The fraction of sp³-hybridized carbons (Fsp3) is 0.450. The van der Waals surface area contributed by atoms with Crippen LogP contribution in [0.3, 0.4) is 0 Å². The maximum atomic E-state index is 13.9. The second-order valence-corrected chi connectivity index (χ2v) is 7.65. The van der Waals surface area contributed by atoms with Gasteiger partial charge in [0.25, 0.3) is 5.91 Å². The van der Waals surface area contributed by atoms with Gasteiger partial charge in [-0.05, 0) is 37.0 Å². The van der Waals surface area contributed by atoms with Crippen LogP contribution in [0.4, 0.5) is 4.39 Å². The van der Waals surface area contributed by atoms with E-state index < -0.39 is 5.82 Å². The van der Waals surface area contributed by atoms with E-state index in [1.54, 1.807) is 23.5 Å². The predicted octanol–water partition coefficient (Wildman–Crippen LogP) is 3.38. The first kappa shape index (κ1) is 19.0. The fourth-order valence-corrected chi connectivity index (χ4v) is 4.53. The number of hydrogen-bond acceptors (Lipinski definition) is 4. The molecule has 1 fully saturated rings. The third-order valence-corrected chi connectivity index (χ3v) is 5.98. The average Bonchev–Trinajstić information content (AvgIpc) is 3.17. The molecule has 2 unspecified atom stereocenters. The van der Waals surface area contributed by atoms with Gasteiger partial charge in [-0.25, -0.2) is 4.39 Å². The Bertz CT molecular complexity index is 714. The number of likely N-dealkylation sites (N-methyl/N-ethyl adjacent to an activating group) is 1. The highest BCUT2D eigenvalue weighted by Gasteiger charge is 2.31. The summed E-state index contributed by atoms with van der Waals surface area (Å²) >= 11 is 1.70. The summed E-state index contributed by atoms with van der Waals surface area (Å²) in [5.74, 6) is -0.842. The highest BCUT2D eigenvalue weighted by molar-refractivity contribution is 7.10. The molecule has 1 aliphatic heterocycles. The van der Waals surface area contributed by atoms with Crippen LogP contribution < -0.4 is 5.32 Å². The summed E-state index contributed by atoms with van der Waals surface area (Å²) in [6, 6.07) is 10.3. The molecular formula is C20H26FN3OS. The molecule has 1 aliphatic rings. The number of piperazine rings is 1. The van der Waals surface area contributed by atoms with Crippen LogP contribution in [0.15, 0.2) is 41.8 Å². The third-order valence-electron chi connectivity index (χ3n) is 5.03. The number of nitrogens with zero attached hydrogens (tertiary/aromatic N) is 2. The summed E-state index contributed by atoms with van der Waals surface area (Å²) in [4.78, 5) is 18.7. The van der Waals surface area contributed by atoms with Crippen molar-refractivity contribution in [1.29, 1.82) is 0 Å². The smallest absolute Gasteiger partial charge is 0.254 e. The van der Waals surface area contributed by atoms with Gasteiger partial charge >= 0.3 is 0 Å². The molecule has 0 saturated carbocycles. The minimum Gasteiger partial charge on any atom is -0.348 e. The van der Waals surface area contributed by atoms with Gasteiger partial charge < -0.3 is 10.2 Å². The molecule has 0 spiro atoms. The van der Waals surface area contributed by atoms with E-state index in [9.17, 15) is 9.18 Å². The van der Waals surface area contributed by atoms with Crippen molar-refractivity contribution in [3.63, 3.8) is 0 Å². The minimum absolute atomic E-state index is 0.0973. The molecule has 0 radical (unpaired) electrons. The number of rotatable bonds is 6. The molecule has 1 N–H and O–H groups in total. The van der Waals surface area contributed by atoms with Gasteiger partial charge in [-0.1, -0.05) is 25.1 Å². The quantitative estimate of drug-likeness (QED) is 0.841. The molecule has 2 atom stereocenters. The number of nitrogens with one attached hydrogen (secondary N) is 1. The summed E-state index contributed by atoms with van der Waals surface area (Å²) in [6.45, 7) is 9.27. The Kier molecular flexibility index (Phi) is 6.40. The Morgan fingerprint density at radius 3 is 2.54 bits per heavy atom. The molecule has 6 heteroatoms. The molecule has 0 aliphatic carbocycles. The van der Waals surface area contributed by atoms with Gasteiger partial charge in [-0.3, -0.25) is 9.69 Å². The van der Waals surface area contributed by atoms with E-state index in [0.717, 1.165) is 32.7 Å². The summed E-state index contributed by atoms with van der Waals surface area (Å²) in [5, 5.41) is 5.09. The molecule has 4 nitrogen and oxygen atoms in total. The zero-order valence-electron chi connectivity index (χ0n) is 15.3.